The smallest absolute Gasteiger partial charge is 0.119 e. The molecule has 0 atom stereocenters. The lowest BCUT2D eigenvalue weighted by Gasteiger charge is -2.19. The highest BCUT2D eigenvalue weighted by molar-refractivity contribution is 5.31. The number of ether oxygens (including phenoxy) is 2. The molecule has 2 rings (SSSR count). The average Bonchev–Trinajstić information content (AvgIpc) is 2.55. The molecule has 2 aromatic rings. The van der Waals surface area contributed by atoms with Gasteiger partial charge in [0.2, 0.25) is 0 Å². The van der Waals surface area contributed by atoms with Crippen LogP contribution in [0.5, 0.6) is 11.5 Å². The summed E-state index contributed by atoms with van der Waals surface area (Å²) in [4.78, 5) is 0. The number of rotatable bonds is 4. The Labute approximate surface area is 160 Å². The molecule has 0 N–H and O–H groups in total. The van der Waals surface area contributed by atoms with E-state index in [0.29, 0.717) is 0 Å². The summed E-state index contributed by atoms with van der Waals surface area (Å²) in [6, 6.07) is 16.6. The van der Waals surface area contributed by atoms with Crippen molar-refractivity contribution in [2.75, 3.05) is 13.2 Å². The topological polar surface area (TPSA) is 18.5 Å². The van der Waals surface area contributed by atoms with Crippen molar-refractivity contribution in [1.29, 1.82) is 0 Å². The summed E-state index contributed by atoms with van der Waals surface area (Å²) in [6.45, 7) is 18.7. The Morgan fingerprint density at radius 1 is 0.538 bits per heavy atom. The Morgan fingerprint density at radius 2 is 0.808 bits per heavy atom. The van der Waals surface area contributed by atoms with E-state index in [9.17, 15) is 0 Å². The van der Waals surface area contributed by atoms with Crippen molar-refractivity contribution in [1.82, 2.24) is 0 Å². The zero-order valence-electron chi connectivity index (χ0n) is 17.8. The zero-order valence-corrected chi connectivity index (χ0v) is 17.8. The van der Waals surface area contributed by atoms with Crippen molar-refractivity contribution < 1.29 is 9.47 Å². The maximum Gasteiger partial charge on any atom is 0.119 e. The van der Waals surface area contributed by atoms with Crippen LogP contribution in [-0.4, -0.2) is 13.2 Å². The molecule has 2 heteroatoms. The molecule has 0 radical (unpaired) electrons. The average molecular weight is 357 g/mol. The second kappa shape index (κ2) is 9.66. The van der Waals surface area contributed by atoms with E-state index in [4.69, 9.17) is 9.47 Å². The maximum atomic E-state index is 5.37. The molecule has 26 heavy (non-hydrogen) atoms. The van der Waals surface area contributed by atoms with Gasteiger partial charge in [-0.3, -0.25) is 0 Å². The van der Waals surface area contributed by atoms with Gasteiger partial charge in [-0.15, -0.1) is 0 Å². The van der Waals surface area contributed by atoms with Crippen molar-refractivity contribution in [2.45, 2.75) is 66.2 Å². The third-order valence-corrected chi connectivity index (χ3v) is 4.06. The van der Waals surface area contributed by atoms with Crippen LogP contribution < -0.4 is 9.47 Å². The molecule has 0 aromatic heterocycles. The molecule has 2 nitrogen and oxygen atoms in total. The third kappa shape index (κ3) is 7.51. The highest BCUT2D eigenvalue weighted by atomic mass is 16.5. The molecule has 0 heterocycles. The highest BCUT2D eigenvalue weighted by Gasteiger charge is 2.13. The number of hydrogen-bond acceptors (Lipinski definition) is 2. The molecule has 0 spiro atoms. The van der Waals surface area contributed by atoms with Crippen LogP contribution in [0.25, 0.3) is 0 Å². The molecule has 0 saturated carbocycles. The Hall–Kier alpha value is -1.96. The fraction of sp³-hybridized carbons (Fsp3) is 0.500. The van der Waals surface area contributed by atoms with Crippen molar-refractivity contribution in [3.05, 3.63) is 59.7 Å². The van der Waals surface area contributed by atoms with Gasteiger partial charge in [0.25, 0.3) is 0 Å². The van der Waals surface area contributed by atoms with Gasteiger partial charge in [-0.1, -0.05) is 65.8 Å². The van der Waals surface area contributed by atoms with Gasteiger partial charge in [0.15, 0.2) is 0 Å². The predicted molar refractivity (Wildman–Crippen MR) is 113 cm³/mol. The molecule has 144 valence electrons. The summed E-state index contributed by atoms with van der Waals surface area (Å²) in [5.74, 6) is 1.91. The van der Waals surface area contributed by atoms with Crippen molar-refractivity contribution in [3.63, 3.8) is 0 Å². The lowest BCUT2D eigenvalue weighted by molar-refractivity contribution is 0.339. The number of benzene rings is 2. The van der Waals surface area contributed by atoms with Gasteiger partial charge < -0.3 is 9.47 Å². The minimum Gasteiger partial charge on any atom is -0.494 e. The van der Waals surface area contributed by atoms with Gasteiger partial charge in [0.1, 0.15) is 11.5 Å². The van der Waals surface area contributed by atoms with Crippen LogP contribution in [0.2, 0.25) is 0 Å². The summed E-state index contributed by atoms with van der Waals surface area (Å²) in [5, 5.41) is 0. The van der Waals surface area contributed by atoms with Crippen LogP contribution in [0, 0.1) is 0 Å². The fourth-order valence-corrected chi connectivity index (χ4v) is 2.44. The fourth-order valence-electron chi connectivity index (χ4n) is 2.44. The molecule has 0 amide bonds. The lowest BCUT2D eigenvalue weighted by atomic mass is 9.87. The first kappa shape index (κ1) is 22.1. The minimum absolute atomic E-state index is 0.227. The largest absolute Gasteiger partial charge is 0.494 e. The summed E-state index contributed by atoms with van der Waals surface area (Å²) in [7, 11) is 0. The highest BCUT2D eigenvalue weighted by Crippen LogP contribution is 2.25. The second-order valence-electron chi connectivity index (χ2n) is 8.41. The number of hydrogen-bond donors (Lipinski definition) is 0. The Balaban J connectivity index is 0.000000260. The van der Waals surface area contributed by atoms with Gasteiger partial charge in [-0.05, 0) is 60.1 Å². The second-order valence-corrected chi connectivity index (χ2v) is 8.41. The molecule has 0 aliphatic carbocycles. The molecule has 0 fully saturated rings. The van der Waals surface area contributed by atoms with E-state index in [1.165, 1.54) is 11.1 Å². The van der Waals surface area contributed by atoms with E-state index in [1.807, 2.05) is 38.1 Å². The van der Waals surface area contributed by atoms with E-state index >= 15 is 0 Å². The zero-order chi connectivity index (χ0) is 19.8. The minimum atomic E-state index is 0.227. The van der Waals surface area contributed by atoms with Crippen molar-refractivity contribution in [3.8, 4) is 11.5 Å². The van der Waals surface area contributed by atoms with Crippen LogP contribution in [0.1, 0.15) is 66.5 Å². The summed E-state index contributed by atoms with van der Waals surface area (Å²) < 4.78 is 10.7. The molecule has 0 aliphatic heterocycles. The molecule has 0 unspecified atom stereocenters. The molecular formula is C24H36O2. The quantitative estimate of drug-likeness (QED) is 0.602. The van der Waals surface area contributed by atoms with E-state index in [0.717, 1.165) is 24.7 Å². The lowest BCUT2D eigenvalue weighted by Crippen LogP contribution is -2.10. The first-order chi connectivity index (χ1) is 12.1. The SMILES string of the molecule is CCOc1ccc(C(C)(C)C)cc1.CCOc1ccc(C(C)(C)C)cc1. The third-order valence-electron chi connectivity index (χ3n) is 4.06. The standard InChI is InChI=1S/2C12H18O/c2*1-5-13-11-8-6-10(7-9-11)12(2,3)4/h2*6-9H,5H2,1-4H3. The molecule has 0 saturated heterocycles. The van der Waals surface area contributed by atoms with Crippen LogP contribution in [0.4, 0.5) is 0 Å². The summed E-state index contributed by atoms with van der Waals surface area (Å²) in [6.07, 6.45) is 0. The van der Waals surface area contributed by atoms with Crippen molar-refractivity contribution >= 4 is 0 Å². The van der Waals surface area contributed by atoms with Gasteiger partial charge in [0, 0.05) is 0 Å². The van der Waals surface area contributed by atoms with Crippen LogP contribution in [0.3, 0.4) is 0 Å². The monoisotopic (exact) mass is 356 g/mol. The van der Waals surface area contributed by atoms with Crippen LogP contribution in [0.15, 0.2) is 48.5 Å². The van der Waals surface area contributed by atoms with E-state index < -0.39 is 0 Å². The van der Waals surface area contributed by atoms with Gasteiger partial charge in [-0.2, -0.15) is 0 Å². The predicted octanol–water partition coefficient (Wildman–Crippen LogP) is 6.77. The van der Waals surface area contributed by atoms with E-state index in [-0.39, 0.29) is 10.8 Å². The maximum absolute atomic E-state index is 5.37. The van der Waals surface area contributed by atoms with Gasteiger partial charge in [-0.25, -0.2) is 0 Å². The van der Waals surface area contributed by atoms with Gasteiger partial charge >= 0.3 is 0 Å². The molecular weight excluding hydrogens is 320 g/mol. The van der Waals surface area contributed by atoms with E-state index in [2.05, 4.69) is 65.8 Å². The Bertz CT molecular complexity index is 566. The normalized spacial score (nSPS) is 11.4. The van der Waals surface area contributed by atoms with Crippen LogP contribution >= 0.6 is 0 Å². The van der Waals surface area contributed by atoms with Gasteiger partial charge in [0.05, 0.1) is 13.2 Å². The Morgan fingerprint density at radius 3 is 1.00 bits per heavy atom. The molecule has 0 aliphatic rings. The Kier molecular flexibility index (Phi) is 8.20. The van der Waals surface area contributed by atoms with Crippen molar-refractivity contribution in [2.24, 2.45) is 0 Å². The summed E-state index contributed by atoms with van der Waals surface area (Å²) >= 11 is 0. The summed E-state index contributed by atoms with van der Waals surface area (Å²) in [5.41, 5.74) is 3.14. The molecule has 0 bridgehead atoms. The first-order valence-electron chi connectivity index (χ1n) is 9.54. The van der Waals surface area contributed by atoms with Crippen LogP contribution in [-0.2, 0) is 10.8 Å². The first-order valence-corrected chi connectivity index (χ1v) is 9.54. The molecule has 2 aromatic carbocycles. The van der Waals surface area contributed by atoms with E-state index in [1.54, 1.807) is 0 Å².